The highest BCUT2D eigenvalue weighted by molar-refractivity contribution is 5.87. The van der Waals surface area contributed by atoms with Gasteiger partial charge in [-0.1, -0.05) is 26.7 Å². The maximum absolute atomic E-state index is 13.5. The SMILES string of the molecule is COC(=O)CCCC1CCC2C3CCC4CCCCC4(C)C3CC(=O)[C@]12C. The van der Waals surface area contributed by atoms with E-state index < -0.39 is 0 Å². The third-order valence-corrected chi connectivity index (χ3v) is 9.79. The van der Waals surface area contributed by atoms with Gasteiger partial charge in [0.25, 0.3) is 0 Å². The van der Waals surface area contributed by atoms with Crippen LogP contribution >= 0.6 is 0 Å². The van der Waals surface area contributed by atoms with Crippen LogP contribution in [0.3, 0.4) is 0 Å². The van der Waals surface area contributed by atoms with Crippen LogP contribution in [-0.2, 0) is 14.3 Å². The first-order valence-electron chi connectivity index (χ1n) is 11.5. The van der Waals surface area contributed by atoms with Crippen molar-refractivity contribution in [3.8, 4) is 0 Å². The molecule has 4 aliphatic carbocycles. The number of ketones is 1. The molecule has 0 aliphatic heterocycles. The standard InChI is InChI=1S/C24H38O3/c1-23-14-5-4-7-16(23)10-12-18-19-13-11-17(8-6-9-22(26)27-3)24(19,2)21(25)15-20(18)23/h16-20H,4-15H2,1-3H3/t16?,17?,18?,19?,20?,23?,24-/m1/s1. The number of esters is 1. The van der Waals surface area contributed by atoms with Gasteiger partial charge in [0.15, 0.2) is 0 Å². The summed E-state index contributed by atoms with van der Waals surface area (Å²) in [7, 11) is 1.46. The molecule has 0 spiro atoms. The second kappa shape index (κ2) is 7.19. The summed E-state index contributed by atoms with van der Waals surface area (Å²) in [5.74, 6) is 3.76. The molecule has 0 aromatic heterocycles. The van der Waals surface area contributed by atoms with Crippen LogP contribution in [0.5, 0.6) is 0 Å². The third kappa shape index (κ3) is 2.99. The van der Waals surface area contributed by atoms with Crippen LogP contribution in [0.1, 0.15) is 90.9 Å². The number of fused-ring (bicyclic) bond motifs is 5. The summed E-state index contributed by atoms with van der Waals surface area (Å²) in [6, 6.07) is 0. The van der Waals surface area contributed by atoms with E-state index >= 15 is 0 Å². The summed E-state index contributed by atoms with van der Waals surface area (Å²) in [6.45, 7) is 4.83. The first kappa shape index (κ1) is 19.5. The van der Waals surface area contributed by atoms with E-state index in [1.165, 1.54) is 58.5 Å². The number of hydrogen-bond acceptors (Lipinski definition) is 3. The summed E-state index contributed by atoms with van der Waals surface area (Å²) in [5, 5.41) is 0. The Balaban J connectivity index is 1.51. The van der Waals surface area contributed by atoms with Crippen molar-refractivity contribution >= 4 is 11.8 Å². The fourth-order valence-electron chi connectivity index (χ4n) is 8.18. The highest BCUT2D eigenvalue weighted by atomic mass is 16.5. The zero-order valence-corrected chi connectivity index (χ0v) is 17.6. The predicted octanol–water partition coefficient (Wildman–Crippen LogP) is 5.56. The van der Waals surface area contributed by atoms with Crippen molar-refractivity contribution in [1.29, 1.82) is 0 Å². The van der Waals surface area contributed by atoms with E-state index in [9.17, 15) is 9.59 Å². The Morgan fingerprint density at radius 3 is 2.67 bits per heavy atom. The minimum absolute atomic E-state index is 0.117. The molecule has 0 saturated heterocycles. The van der Waals surface area contributed by atoms with Gasteiger partial charge < -0.3 is 4.74 Å². The number of Topliss-reactive ketones (excluding diaryl/α,β-unsaturated/α-hetero) is 1. The number of carbonyl (C=O) groups is 2. The lowest BCUT2D eigenvalue weighted by Gasteiger charge is -2.59. The number of hydrogen-bond donors (Lipinski definition) is 0. The van der Waals surface area contributed by atoms with E-state index in [1.807, 2.05) is 0 Å². The van der Waals surface area contributed by atoms with E-state index in [4.69, 9.17) is 4.74 Å². The van der Waals surface area contributed by atoms with E-state index in [2.05, 4.69) is 13.8 Å². The monoisotopic (exact) mass is 374 g/mol. The van der Waals surface area contributed by atoms with Crippen LogP contribution in [-0.4, -0.2) is 18.9 Å². The summed E-state index contributed by atoms with van der Waals surface area (Å²) >= 11 is 0. The Kier molecular flexibility index (Phi) is 5.18. The van der Waals surface area contributed by atoms with Gasteiger partial charge in [0.1, 0.15) is 5.78 Å². The number of methoxy groups -OCH3 is 1. The number of rotatable bonds is 4. The lowest BCUT2D eigenvalue weighted by atomic mass is 9.44. The van der Waals surface area contributed by atoms with Crippen LogP contribution in [0.2, 0.25) is 0 Å². The van der Waals surface area contributed by atoms with Gasteiger partial charge in [-0.3, -0.25) is 9.59 Å². The molecule has 0 radical (unpaired) electrons. The van der Waals surface area contributed by atoms with Crippen molar-refractivity contribution in [2.24, 2.45) is 40.4 Å². The lowest BCUT2D eigenvalue weighted by molar-refractivity contribution is -0.156. The van der Waals surface area contributed by atoms with Crippen LogP contribution in [0, 0.1) is 40.4 Å². The highest BCUT2D eigenvalue weighted by Crippen LogP contribution is 2.66. The first-order valence-corrected chi connectivity index (χ1v) is 11.5. The quantitative estimate of drug-likeness (QED) is 0.605. The molecule has 0 bridgehead atoms. The molecule has 0 aromatic rings. The molecule has 3 heteroatoms. The molecule has 4 aliphatic rings. The fourth-order valence-corrected chi connectivity index (χ4v) is 8.18. The molecule has 0 aromatic carbocycles. The maximum atomic E-state index is 13.5. The van der Waals surface area contributed by atoms with Gasteiger partial charge in [-0.15, -0.1) is 0 Å². The molecule has 0 N–H and O–H groups in total. The molecule has 0 heterocycles. The number of carbonyl (C=O) groups excluding carboxylic acids is 2. The second-order valence-electron chi connectivity index (χ2n) is 10.6. The summed E-state index contributed by atoms with van der Waals surface area (Å²) in [4.78, 5) is 25.0. The molecule has 3 nitrogen and oxygen atoms in total. The number of ether oxygens (including phenoxy) is 1. The van der Waals surface area contributed by atoms with Gasteiger partial charge >= 0.3 is 5.97 Å². The van der Waals surface area contributed by atoms with Crippen LogP contribution in [0.25, 0.3) is 0 Å². The minimum atomic E-state index is -0.130. The van der Waals surface area contributed by atoms with Crippen molar-refractivity contribution in [1.82, 2.24) is 0 Å². The Bertz CT molecular complexity index is 598. The Morgan fingerprint density at radius 1 is 1.07 bits per heavy atom. The van der Waals surface area contributed by atoms with Gasteiger partial charge in [-0.2, -0.15) is 0 Å². The molecule has 4 rings (SSSR count). The minimum Gasteiger partial charge on any atom is -0.469 e. The summed E-state index contributed by atoms with van der Waals surface area (Å²) < 4.78 is 4.79. The van der Waals surface area contributed by atoms with Gasteiger partial charge in [0, 0.05) is 18.3 Å². The van der Waals surface area contributed by atoms with E-state index in [-0.39, 0.29) is 11.4 Å². The molecule has 7 atom stereocenters. The fraction of sp³-hybridized carbons (Fsp3) is 0.917. The van der Waals surface area contributed by atoms with Crippen molar-refractivity contribution in [2.75, 3.05) is 7.11 Å². The molecule has 0 amide bonds. The Morgan fingerprint density at radius 2 is 1.89 bits per heavy atom. The average molecular weight is 375 g/mol. The van der Waals surface area contributed by atoms with Crippen molar-refractivity contribution in [3.05, 3.63) is 0 Å². The Labute approximate surface area is 165 Å². The molecular weight excluding hydrogens is 336 g/mol. The maximum Gasteiger partial charge on any atom is 0.305 e. The molecule has 4 saturated carbocycles. The van der Waals surface area contributed by atoms with E-state index in [0.29, 0.717) is 35.4 Å². The summed E-state index contributed by atoms with van der Waals surface area (Å²) in [5.41, 5.74) is 0.288. The van der Waals surface area contributed by atoms with Crippen molar-refractivity contribution < 1.29 is 14.3 Å². The first-order chi connectivity index (χ1) is 12.9. The van der Waals surface area contributed by atoms with Gasteiger partial charge in [-0.25, -0.2) is 0 Å². The largest absolute Gasteiger partial charge is 0.469 e. The molecule has 27 heavy (non-hydrogen) atoms. The van der Waals surface area contributed by atoms with Gasteiger partial charge in [-0.05, 0) is 86.4 Å². The smallest absolute Gasteiger partial charge is 0.305 e. The second-order valence-corrected chi connectivity index (χ2v) is 10.6. The summed E-state index contributed by atoms with van der Waals surface area (Å²) in [6.07, 6.45) is 13.8. The van der Waals surface area contributed by atoms with Gasteiger partial charge in [0.05, 0.1) is 7.11 Å². The molecule has 6 unspecified atom stereocenters. The van der Waals surface area contributed by atoms with Crippen LogP contribution in [0.4, 0.5) is 0 Å². The zero-order chi connectivity index (χ0) is 19.2. The molecular formula is C24H38O3. The normalized spacial score (nSPS) is 46.3. The van der Waals surface area contributed by atoms with E-state index in [0.717, 1.165) is 31.1 Å². The third-order valence-electron chi connectivity index (χ3n) is 9.79. The molecule has 152 valence electrons. The lowest BCUT2D eigenvalue weighted by Crippen LogP contribution is -2.56. The predicted molar refractivity (Wildman–Crippen MR) is 106 cm³/mol. The zero-order valence-electron chi connectivity index (χ0n) is 17.6. The van der Waals surface area contributed by atoms with Crippen molar-refractivity contribution in [3.63, 3.8) is 0 Å². The average Bonchev–Trinajstić information content (AvgIpc) is 3.00. The van der Waals surface area contributed by atoms with Crippen LogP contribution < -0.4 is 0 Å². The Hall–Kier alpha value is -0.860. The van der Waals surface area contributed by atoms with Crippen molar-refractivity contribution in [2.45, 2.75) is 90.9 Å². The van der Waals surface area contributed by atoms with Gasteiger partial charge in [0.2, 0.25) is 0 Å². The topological polar surface area (TPSA) is 43.4 Å². The van der Waals surface area contributed by atoms with E-state index in [1.54, 1.807) is 0 Å². The van der Waals surface area contributed by atoms with Crippen LogP contribution in [0.15, 0.2) is 0 Å². The molecule has 4 fully saturated rings. The highest BCUT2D eigenvalue weighted by Gasteiger charge is 2.62.